The largest absolute Gasteiger partial charge is 0.481 e. The van der Waals surface area contributed by atoms with E-state index in [2.05, 4.69) is 10.3 Å². The van der Waals surface area contributed by atoms with E-state index < -0.39 is 11.9 Å². The maximum absolute atomic E-state index is 12.6. The molecule has 138 valence electrons. The van der Waals surface area contributed by atoms with Crippen LogP contribution in [0.25, 0.3) is 0 Å². The standard InChI is InChI=1S/C21H20N2O3S/c24-19(25)13-17(11-15-7-3-1-4-8-15)20(26)23-21-22-18(14-27-21)12-16-9-5-2-6-10-16/h1-10,14,17H,11-13H2,(H,24,25)(H,22,23,26)/t17-/m1/s1. The summed E-state index contributed by atoms with van der Waals surface area (Å²) in [5.41, 5.74) is 2.95. The number of benzene rings is 2. The fourth-order valence-electron chi connectivity index (χ4n) is 2.82. The van der Waals surface area contributed by atoms with Crippen LogP contribution in [0.5, 0.6) is 0 Å². The van der Waals surface area contributed by atoms with Gasteiger partial charge in [0, 0.05) is 11.8 Å². The van der Waals surface area contributed by atoms with Crippen LogP contribution >= 0.6 is 11.3 Å². The Bertz CT molecular complexity index is 894. The molecule has 3 rings (SSSR count). The van der Waals surface area contributed by atoms with Crippen molar-refractivity contribution in [3.05, 3.63) is 82.9 Å². The van der Waals surface area contributed by atoms with Gasteiger partial charge in [0.05, 0.1) is 18.0 Å². The van der Waals surface area contributed by atoms with Crippen molar-refractivity contribution in [1.29, 1.82) is 0 Å². The summed E-state index contributed by atoms with van der Waals surface area (Å²) >= 11 is 1.35. The molecular weight excluding hydrogens is 360 g/mol. The van der Waals surface area contributed by atoms with E-state index in [1.54, 1.807) is 0 Å². The number of carboxylic acid groups (broad SMARTS) is 1. The molecule has 0 radical (unpaired) electrons. The molecule has 0 aliphatic carbocycles. The van der Waals surface area contributed by atoms with Gasteiger partial charge in [0.15, 0.2) is 5.13 Å². The Morgan fingerprint density at radius 2 is 1.63 bits per heavy atom. The van der Waals surface area contributed by atoms with Crippen LogP contribution in [-0.4, -0.2) is 22.0 Å². The third-order valence-corrected chi connectivity index (χ3v) is 4.93. The number of amides is 1. The minimum Gasteiger partial charge on any atom is -0.481 e. The minimum atomic E-state index is -0.991. The van der Waals surface area contributed by atoms with Crippen LogP contribution < -0.4 is 5.32 Å². The lowest BCUT2D eigenvalue weighted by molar-refractivity contribution is -0.140. The van der Waals surface area contributed by atoms with Crippen molar-refractivity contribution >= 4 is 28.3 Å². The molecule has 5 nitrogen and oxygen atoms in total. The van der Waals surface area contributed by atoms with Crippen LogP contribution in [0.1, 0.15) is 23.2 Å². The smallest absolute Gasteiger partial charge is 0.304 e. The quantitative estimate of drug-likeness (QED) is 0.619. The number of aliphatic carboxylic acids is 1. The monoisotopic (exact) mass is 380 g/mol. The molecule has 0 saturated carbocycles. The predicted molar refractivity (Wildman–Crippen MR) is 106 cm³/mol. The fraction of sp³-hybridized carbons (Fsp3) is 0.190. The Labute approximate surface area is 161 Å². The van der Waals surface area contributed by atoms with Gasteiger partial charge < -0.3 is 10.4 Å². The molecule has 3 aromatic rings. The molecule has 0 bridgehead atoms. The van der Waals surface area contributed by atoms with Gasteiger partial charge in [-0.05, 0) is 17.5 Å². The van der Waals surface area contributed by atoms with Crippen molar-refractivity contribution in [2.24, 2.45) is 5.92 Å². The van der Waals surface area contributed by atoms with Crippen LogP contribution in [0, 0.1) is 5.92 Å². The van der Waals surface area contributed by atoms with Gasteiger partial charge >= 0.3 is 5.97 Å². The number of aromatic nitrogens is 1. The number of anilines is 1. The molecule has 2 aromatic carbocycles. The minimum absolute atomic E-state index is 0.219. The second-order valence-corrected chi connectivity index (χ2v) is 7.14. The van der Waals surface area contributed by atoms with Gasteiger partial charge in [-0.3, -0.25) is 9.59 Å². The highest BCUT2D eigenvalue weighted by atomic mass is 32.1. The number of hydrogen-bond acceptors (Lipinski definition) is 4. The molecule has 1 atom stereocenters. The van der Waals surface area contributed by atoms with Gasteiger partial charge in [-0.25, -0.2) is 4.98 Å². The van der Waals surface area contributed by atoms with E-state index >= 15 is 0 Å². The summed E-state index contributed by atoms with van der Waals surface area (Å²) in [6.07, 6.45) is 0.847. The molecule has 0 aliphatic rings. The summed E-state index contributed by atoms with van der Waals surface area (Å²) in [6.45, 7) is 0. The number of rotatable bonds is 8. The first-order valence-corrected chi connectivity index (χ1v) is 9.53. The highest BCUT2D eigenvalue weighted by Crippen LogP contribution is 2.21. The molecule has 6 heteroatoms. The van der Waals surface area contributed by atoms with E-state index in [0.29, 0.717) is 18.0 Å². The summed E-state index contributed by atoms with van der Waals surface area (Å²) in [6, 6.07) is 19.4. The summed E-state index contributed by atoms with van der Waals surface area (Å²) in [7, 11) is 0. The van der Waals surface area contributed by atoms with Crippen molar-refractivity contribution in [3.63, 3.8) is 0 Å². The Morgan fingerprint density at radius 3 is 2.26 bits per heavy atom. The van der Waals surface area contributed by atoms with Crippen molar-refractivity contribution in [2.75, 3.05) is 5.32 Å². The highest BCUT2D eigenvalue weighted by Gasteiger charge is 2.23. The lowest BCUT2D eigenvalue weighted by atomic mass is 9.95. The topological polar surface area (TPSA) is 79.3 Å². The van der Waals surface area contributed by atoms with Crippen LogP contribution in [0.3, 0.4) is 0 Å². The fourth-order valence-corrected chi connectivity index (χ4v) is 3.54. The van der Waals surface area contributed by atoms with Gasteiger partial charge in [0.2, 0.25) is 5.91 Å². The molecular formula is C21H20N2O3S. The lowest BCUT2D eigenvalue weighted by Crippen LogP contribution is -2.27. The number of carbonyl (C=O) groups is 2. The Balaban J connectivity index is 1.65. The number of hydrogen-bond donors (Lipinski definition) is 2. The van der Waals surface area contributed by atoms with Gasteiger partial charge in [0.25, 0.3) is 0 Å². The maximum Gasteiger partial charge on any atom is 0.304 e. The molecule has 27 heavy (non-hydrogen) atoms. The summed E-state index contributed by atoms with van der Waals surface area (Å²) in [5.74, 6) is -1.96. The van der Waals surface area contributed by atoms with Crippen molar-refractivity contribution in [2.45, 2.75) is 19.3 Å². The van der Waals surface area contributed by atoms with Crippen molar-refractivity contribution in [3.8, 4) is 0 Å². The number of thiazole rings is 1. The first-order valence-electron chi connectivity index (χ1n) is 8.65. The lowest BCUT2D eigenvalue weighted by Gasteiger charge is -2.14. The zero-order valence-electron chi connectivity index (χ0n) is 14.7. The Morgan fingerprint density at radius 1 is 1.00 bits per heavy atom. The second kappa shape index (κ2) is 9.09. The summed E-state index contributed by atoms with van der Waals surface area (Å²) in [5, 5.41) is 14.3. The van der Waals surface area contributed by atoms with E-state index in [-0.39, 0.29) is 12.3 Å². The zero-order chi connectivity index (χ0) is 19.1. The molecule has 1 aromatic heterocycles. The van der Waals surface area contributed by atoms with Crippen LogP contribution in [-0.2, 0) is 22.4 Å². The third-order valence-electron chi connectivity index (χ3n) is 4.13. The molecule has 0 aliphatic heterocycles. The average Bonchev–Trinajstić information content (AvgIpc) is 3.09. The van der Waals surface area contributed by atoms with Gasteiger partial charge in [-0.1, -0.05) is 60.7 Å². The predicted octanol–water partition coefficient (Wildman–Crippen LogP) is 4.01. The van der Waals surface area contributed by atoms with E-state index in [1.807, 2.05) is 66.0 Å². The van der Waals surface area contributed by atoms with Gasteiger partial charge in [0.1, 0.15) is 0 Å². The summed E-state index contributed by atoms with van der Waals surface area (Å²) in [4.78, 5) is 28.2. The number of nitrogens with zero attached hydrogens (tertiary/aromatic N) is 1. The van der Waals surface area contributed by atoms with Crippen molar-refractivity contribution < 1.29 is 14.7 Å². The van der Waals surface area contributed by atoms with Crippen molar-refractivity contribution in [1.82, 2.24) is 4.98 Å². The maximum atomic E-state index is 12.6. The van der Waals surface area contributed by atoms with E-state index in [9.17, 15) is 9.59 Å². The van der Waals surface area contributed by atoms with E-state index in [0.717, 1.165) is 16.8 Å². The molecule has 1 amide bonds. The zero-order valence-corrected chi connectivity index (χ0v) is 15.5. The molecule has 0 spiro atoms. The Kier molecular flexibility index (Phi) is 6.33. The van der Waals surface area contributed by atoms with Gasteiger partial charge in [-0.2, -0.15) is 0 Å². The summed E-state index contributed by atoms with van der Waals surface area (Å²) < 4.78 is 0. The first kappa shape index (κ1) is 18.8. The first-order chi connectivity index (χ1) is 13.1. The third kappa shape index (κ3) is 5.76. The number of carboxylic acids is 1. The molecule has 0 unspecified atom stereocenters. The highest BCUT2D eigenvalue weighted by molar-refractivity contribution is 7.13. The normalized spacial score (nSPS) is 11.7. The van der Waals surface area contributed by atoms with Crippen LogP contribution in [0.4, 0.5) is 5.13 Å². The Hall–Kier alpha value is -2.99. The second-order valence-electron chi connectivity index (χ2n) is 6.28. The SMILES string of the molecule is O=C(O)C[C@@H](Cc1ccccc1)C(=O)Nc1nc(Cc2ccccc2)cs1. The molecule has 0 fully saturated rings. The van der Waals surface area contributed by atoms with E-state index in [1.165, 1.54) is 11.3 Å². The number of nitrogens with one attached hydrogen (secondary N) is 1. The molecule has 1 heterocycles. The van der Waals surface area contributed by atoms with E-state index in [4.69, 9.17) is 5.11 Å². The average molecular weight is 380 g/mol. The van der Waals surface area contributed by atoms with Crippen LogP contribution in [0.2, 0.25) is 0 Å². The molecule has 0 saturated heterocycles. The number of carbonyl (C=O) groups excluding carboxylic acids is 1. The van der Waals surface area contributed by atoms with Crippen LogP contribution in [0.15, 0.2) is 66.0 Å². The molecule has 2 N–H and O–H groups in total. The van der Waals surface area contributed by atoms with Gasteiger partial charge in [-0.15, -0.1) is 11.3 Å².